The topological polar surface area (TPSA) is 40.5 Å². The molecule has 0 heterocycles. The summed E-state index contributed by atoms with van der Waals surface area (Å²) in [4.78, 5) is 0. The normalized spacial score (nSPS) is 14.6. The molecule has 0 aliphatic carbocycles. The molecule has 0 bridgehead atoms. The van der Waals surface area contributed by atoms with Crippen LogP contribution < -0.4 is 0 Å². The number of aliphatic hydroxyl groups is 2. The molecular formula is C16H32O2. The summed E-state index contributed by atoms with van der Waals surface area (Å²) >= 11 is 0. The van der Waals surface area contributed by atoms with Crippen LogP contribution in [0.3, 0.4) is 0 Å². The molecule has 2 heteroatoms. The van der Waals surface area contributed by atoms with E-state index < -0.39 is 0 Å². The summed E-state index contributed by atoms with van der Waals surface area (Å²) in [7, 11) is 0. The highest BCUT2D eigenvalue weighted by atomic mass is 16.3. The van der Waals surface area contributed by atoms with Gasteiger partial charge in [0.25, 0.3) is 0 Å². The number of hydrogen-bond donors (Lipinski definition) is 2. The van der Waals surface area contributed by atoms with Gasteiger partial charge in [-0.2, -0.15) is 0 Å². The first kappa shape index (κ1) is 17.7. The van der Waals surface area contributed by atoms with Crippen molar-refractivity contribution >= 4 is 0 Å². The molecule has 0 aromatic rings. The molecule has 0 aliphatic heterocycles. The first-order valence-electron chi connectivity index (χ1n) is 6.98. The number of rotatable bonds is 8. The number of hydrogen-bond acceptors (Lipinski definition) is 2. The Morgan fingerprint density at radius 3 is 2.06 bits per heavy atom. The molecule has 0 radical (unpaired) electrons. The lowest BCUT2D eigenvalue weighted by Gasteiger charge is -2.33. The van der Waals surface area contributed by atoms with Gasteiger partial charge in [-0.25, -0.2) is 0 Å². The third-order valence-electron chi connectivity index (χ3n) is 3.11. The second kappa shape index (κ2) is 7.30. The van der Waals surface area contributed by atoms with Crippen LogP contribution >= 0.6 is 0 Å². The van der Waals surface area contributed by atoms with E-state index in [-0.39, 0.29) is 24.5 Å². The van der Waals surface area contributed by atoms with Gasteiger partial charge in [0.2, 0.25) is 0 Å². The van der Waals surface area contributed by atoms with Crippen molar-refractivity contribution < 1.29 is 10.2 Å². The first-order chi connectivity index (χ1) is 8.09. The zero-order valence-corrected chi connectivity index (χ0v) is 12.9. The van der Waals surface area contributed by atoms with Gasteiger partial charge < -0.3 is 10.2 Å². The summed E-state index contributed by atoms with van der Waals surface area (Å²) in [5.74, 6) is 0.160. The van der Waals surface area contributed by atoms with E-state index in [4.69, 9.17) is 5.11 Å². The minimum atomic E-state index is 0.138. The van der Waals surface area contributed by atoms with Crippen molar-refractivity contribution in [3.63, 3.8) is 0 Å². The van der Waals surface area contributed by atoms with E-state index in [2.05, 4.69) is 41.2 Å². The highest BCUT2D eigenvalue weighted by molar-refractivity contribution is 5.00. The molecule has 0 spiro atoms. The standard InChI is InChI=1S/C16H32O2/c1-13(9-14(11-18)7-8-17)10-16(5,6)12-15(2,3)4/h14,17-18H,1,7-12H2,2-6H3. The Morgan fingerprint density at radius 2 is 1.67 bits per heavy atom. The molecule has 0 saturated carbocycles. The molecule has 1 atom stereocenters. The quantitative estimate of drug-likeness (QED) is 0.649. The van der Waals surface area contributed by atoms with Gasteiger partial charge in [-0.1, -0.05) is 46.8 Å². The molecule has 0 aliphatic rings. The van der Waals surface area contributed by atoms with E-state index >= 15 is 0 Å². The van der Waals surface area contributed by atoms with E-state index in [1.165, 1.54) is 5.57 Å². The predicted octanol–water partition coefficient (Wildman–Crippen LogP) is 3.78. The lowest BCUT2D eigenvalue weighted by Crippen LogP contribution is -2.22. The van der Waals surface area contributed by atoms with E-state index in [0.717, 1.165) is 19.3 Å². The largest absolute Gasteiger partial charge is 0.396 e. The van der Waals surface area contributed by atoms with Crippen LogP contribution in [0.15, 0.2) is 12.2 Å². The molecule has 18 heavy (non-hydrogen) atoms. The second-order valence-electron chi connectivity index (χ2n) is 7.59. The van der Waals surface area contributed by atoms with Crippen LogP contribution in [0.5, 0.6) is 0 Å². The summed E-state index contributed by atoms with van der Waals surface area (Å²) in [5, 5.41) is 18.2. The minimum absolute atomic E-state index is 0.138. The van der Waals surface area contributed by atoms with Crippen molar-refractivity contribution in [2.45, 2.75) is 60.3 Å². The third kappa shape index (κ3) is 8.71. The molecule has 0 saturated heterocycles. The van der Waals surface area contributed by atoms with Crippen molar-refractivity contribution in [2.75, 3.05) is 13.2 Å². The Labute approximate surface area is 113 Å². The SMILES string of the molecule is C=C(CC(CO)CCO)CC(C)(C)CC(C)(C)C. The summed E-state index contributed by atoms with van der Waals surface area (Å²) in [6.07, 6.45) is 3.63. The Hall–Kier alpha value is -0.340. The van der Waals surface area contributed by atoms with Crippen LogP contribution in [0.4, 0.5) is 0 Å². The van der Waals surface area contributed by atoms with Crippen LogP contribution in [0.2, 0.25) is 0 Å². The van der Waals surface area contributed by atoms with Gasteiger partial charge in [-0.15, -0.1) is 0 Å². The maximum Gasteiger partial charge on any atom is 0.0463 e. The van der Waals surface area contributed by atoms with E-state index in [1.54, 1.807) is 0 Å². The molecule has 0 aromatic heterocycles. The molecule has 0 rings (SSSR count). The number of aliphatic hydroxyl groups excluding tert-OH is 2. The summed E-state index contributed by atoms with van der Waals surface area (Å²) in [6.45, 7) is 15.8. The van der Waals surface area contributed by atoms with Gasteiger partial charge >= 0.3 is 0 Å². The van der Waals surface area contributed by atoms with Gasteiger partial charge in [0.1, 0.15) is 0 Å². The Kier molecular flexibility index (Phi) is 7.16. The summed E-state index contributed by atoms with van der Waals surface area (Å²) < 4.78 is 0. The van der Waals surface area contributed by atoms with E-state index in [9.17, 15) is 5.11 Å². The van der Waals surface area contributed by atoms with Crippen LogP contribution in [0.25, 0.3) is 0 Å². The molecular weight excluding hydrogens is 224 g/mol. The van der Waals surface area contributed by atoms with Gasteiger partial charge in [-0.3, -0.25) is 0 Å². The summed E-state index contributed by atoms with van der Waals surface area (Å²) in [6, 6.07) is 0. The minimum Gasteiger partial charge on any atom is -0.396 e. The van der Waals surface area contributed by atoms with Crippen molar-refractivity contribution in [3.8, 4) is 0 Å². The van der Waals surface area contributed by atoms with Crippen LogP contribution in [0, 0.1) is 16.7 Å². The average molecular weight is 256 g/mol. The van der Waals surface area contributed by atoms with Crippen molar-refractivity contribution in [2.24, 2.45) is 16.7 Å². The molecule has 0 aromatic carbocycles. The zero-order valence-electron chi connectivity index (χ0n) is 12.9. The predicted molar refractivity (Wildman–Crippen MR) is 78.5 cm³/mol. The van der Waals surface area contributed by atoms with E-state index in [0.29, 0.717) is 11.8 Å². The maximum atomic E-state index is 9.24. The zero-order chi connectivity index (χ0) is 14.4. The monoisotopic (exact) mass is 256 g/mol. The van der Waals surface area contributed by atoms with Crippen LogP contribution in [-0.2, 0) is 0 Å². The van der Waals surface area contributed by atoms with Gasteiger partial charge in [0.05, 0.1) is 0 Å². The number of allylic oxidation sites excluding steroid dienone is 1. The lowest BCUT2D eigenvalue weighted by atomic mass is 9.72. The second-order valence-corrected chi connectivity index (χ2v) is 7.59. The van der Waals surface area contributed by atoms with Crippen molar-refractivity contribution in [1.29, 1.82) is 0 Å². The molecule has 2 N–H and O–H groups in total. The molecule has 1 unspecified atom stereocenters. The molecule has 2 nitrogen and oxygen atoms in total. The Balaban J connectivity index is 4.29. The fourth-order valence-electron chi connectivity index (χ4n) is 3.10. The van der Waals surface area contributed by atoms with Crippen LogP contribution in [0.1, 0.15) is 60.3 Å². The smallest absolute Gasteiger partial charge is 0.0463 e. The average Bonchev–Trinajstić information content (AvgIpc) is 2.11. The highest BCUT2D eigenvalue weighted by Gasteiger charge is 2.26. The van der Waals surface area contributed by atoms with Gasteiger partial charge in [0.15, 0.2) is 0 Å². The Bertz CT molecular complexity index is 248. The fourth-order valence-corrected chi connectivity index (χ4v) is 3.10. The van der Waals surface area contributed by atoms with Crippen molar-refractivity contribution in [1.82, 2.24) is 0 Å². The van der Waals surface area contributed by atoms with E-state index in [1.807, 2.05) is 0 Å². The highest BCUT2D eigenvalue weighted by Crippen LogP contribution is 2.38. The lowest BCUT2D eigenvalue weighted by molar-refractivity contribution is 0.176. The first-order valence-corrected chi connectivity index (χ1v) is 6.98. The van der Waals surface area contributed by atoms with Gasteiger partial charge in [-0.05, 0) is 42.4 Å². The molecule has 0 amide bonds. The van der Waals surface area contributed by atoms with Crippen molar-refractivity contribution in [3.05, 3.63) is 12.2 Å². The maximum absolute atomic E-state index is 9.24. The fraction of sp³-hybridized carbons (Fsp3) is 0.875. The van der Waals surface area contributed by atoms with Gasteiger partial charge in [0, 0.05) is 13.2 Å². The molecule has 108 valence electrons. The van der Waals surface area contributed by atoms with Crippen LogP contribution in [-0.4, -0.2) is 23.4 Å². The molecule has 0 fully saturated rings. The Morgan fingerprint density at radius 1 is 1.11 bits per heavy atom. The summed E-state index contributed by atoms with van der Waals surface area (Å²) in [5.41, 5.74) is 1.76. The third-order valence-corrected chi connectivity index (χ3v) is 3.11.